The van der Waals surface area contributed by atoms with Crippen LogP contribution in [0.5, 0.6) is 5.75 Å². The third kappa shape index (κ3) is 3.05. The Morgan fingerprint density at radius 2 is 1.85 bits per heavy atom. The number of nitro benzene ring substituents is 1. The molecule has 0 aliphatic heterocycles. The lowest BCUT2D eigenvalue weighted by Gasteiger charge is -2.09. The van der Waals surface area contributed by atoms with Crippen molar-refractivity contribution in [2.45, 2.75) is 16.2 Å². The number of nitro groups is 1. The monoisotopic (exact) mass is 297 g/mol. The standard InChI is InChI=1S/C13H9F2NO3S/c14-13(15)9-7-8(16(18)19)5-6-11(9)20-12-4-2-1-3-10(12)17/h1-7,13,17H. The minimum atomic E-state index is -2.83. The van der Waals surface area contributed by atoms with E-state index in [0.29, 0.717) is 4.90 Å². The Kier molecular flexibility index (Phi) is 4.19. The Balaban J connectivity index is 2.41. The Hall–Kier alpha value is -2.15. The van der Waals surface area contributed by atoms with Crippen LogP contribution in [0.25, 0.3) is 0 Å². The van der Waals surface area contributed by atoms with Gasteiger partial charge in [-0.1, -0.05) is 23.9 Å². The van der Waals surface area contributed by atoms with Crippen molar-refractivity contribution >= 4 is 17.4 Å². The van der Waals surface area contributed by atoms with Gasteiger partial charge in [0.1, 0.15) is 5.75 Å². The van der Waals surface area contributed by atoms with Gasteiger partial charge >= 0.3 is 0 Å². The topological polar surface area (TPSA) is 63.4 Å². The number of aromatic hydroxyl groups is 1. The van der Waals surface area contributed by atoms with E-state index in [1.54, 1.807) is 18.2 Å². The molecule has 1 N–H and O–H groups in total. The number of phenols is 1. The van der Waals surface area contributed by atoms with Gasteiger partial charge in [0.15, 0.2) is 0 Å². The van der Waals surface area contributed by atoms with E-state index in [-0.39, 0.29) is 16.3 Å². The first kappa shape index (κ1) is 14.3. The Labute approximate surface area is 117 Å². The molecule has 0 bridgehead atoms. The van der Waals surface area contributed by atoms with Gasteiger partial charge in [0.2, 0.25) is 0 Å². The number of alkyl halides is 2. The molecule has 0 saturated heterocycles. The average Bonchev–Trinajstić information content (AvgIpc) is 2.41. The maximum Gasteiger partial charge on any atom is 0.269 e. The third-order valence-electron chi connectivity index (χ3n) is 2.52. The number of non-ortho nitro benzene ring substituents is 1. The molecule has 0 atom stereocenters. The van der Waals surface area contributed by atoms with E-state index in [2.05, 4.69) is 0 Å². The van der Waals surface area contributed by atoms with Crippen molar-refractivity contribution in [1.29, 1.82) is 0 Å². The predicted octanol–water partition coefficient (Wildman–Crippen LogP) is 4.39. The molecule has 20 heavy (non-hydrogen) atoms. The summed E-state index contributed by atoms with van der Waals surface area (Å²) in [4.78, 5) is 10.5. The number of hydrogen-bond donors (Lipinski definition) is 1. The van der Waals surface area contributed by atoms with Crippen LogP contribution in [0.1, 0.15) is 12.0 Å². The zero-order valence-corrected chi connectivity index (χ0v) is 10.8. The molecule has 0 heterocycles. The molecule has 0 unspecified atom stereocenters. The maximum atomic E-state index is 13.0. The van der Waals surface area contributed by atoms with E-state index in [9.17, 15) is 24.0 Å². The van der Waals surface area contributed by atoms with Crippen molar-refractivity contribution in [3.63, 3.8) is 0 Å². The predicted molar refractivity (Wildman–Crippen MR) is 70.3 cm³/mol. The molecule has 2 rings (SSSR count). The number of para-hydroxylation sites is 1. The Morgan fingerprint density at radius 1 is 1.15 bits per heavy atom. The van der Waals surface area contributed by atoms with Gasteiger partial charge in [0.25, 0.3) is 12.1 Å². The highest BCUT2D eigenvalue weighted by molar-refractivity contribution is 7.99. The number of rotatable bonds is 4. The molecule has 0 fully saturated rings. The SMILES string of the molecule is O=[N+]([O-])c1ccc(Sc2ccccc2O)c(C(F)F)c1. The van der Waals surface area contributed by atoms with Crippen LogP contribution >= 0.6 is 11.8 Å². The average molecular weight is 297 g/mol. The van der Waals surface area contributed by atoms with Gasteiger partial charge in [-0.25, -0.2) is 8.78 Å². The summed E-state index contributed by atoms with van der Waals surface area (Å²) < 4.78 is 26.0. The first-order valence-corrected chi connectivity index (χ1v) is 6.33. The van der Waals surface area contributed by atoms with E-state index in [1.807, 2.05) is 0 Å². The van der Waals surface area contributed by atoms with Crippen molar-refractivity contribution in [3.05, 3.63) is 58.1 Å². The maximum absolute atomic E-state index is 13.0. The number of hydrogen-bond acceptors (Lipinski definition) is 4. The van der Waals surface area contributed by atoms with Crippen LogP contribution in [0.2, 0.25) is 0 Å². The summed E-state index contributed by atoms with van der Waals surface area (Å²) in [5.41, 5.74) is -0.811. The zero-order valence-electron chi connectivity index (χ0n) is 9.99. The molecule has 0 aliphatic rings. The van der Waals surface area contributed by atoms with Crippen LogP contribution < -0.4 is 0 Å². The molecule has 7 heteroatoms. The van der Waals surface area contributed by atoms with Gasteiger partial charge in [-0.05, 0) is 18.2 Å². The van der Waals surface area contributed by atoms with Crippen LogP contribution in [0.3, 0.4) is 0 Å². The van der Waals surface area contributed by atoms with Gasteiger partial charge in [-0.2, -0.15) is 0 Å². The molecular weight excluding hydrogens is 288 g/mol. The summed E-state index contributed by atoms with van der Waals surface area (Å²) in [7, 11) is 0. The van der Waals surface area contributed by atoms with Crippen LogP contribution in [-0.4, -0.2) is 10.0 Å². The summed E-state index contributed by atoms with van der Waals surface area (Å²) in [6.07, 6.45) is -2.83. The van der Waals surface area contributed by atoms with Crippen molar-refractivity contribution in [3.8, 4) is 5.75 Å². The van der Waals surface area contributed by atoms with Crippen molar-refractivity contribution in [2.24, 2.45) is 0 Å². The Morgan fingerprint density at radius 3 is 2.45 bits per heavy atom. The van der Waals surface area contributed by atoms with E-state index in [4.69, 9.17) is 0 Å². The molecule has 0 amide bonds. The summed E-state index contributed by atoms with van der Waals surface area (Å²) in [6, 6.07) is 9.57. The van der Waals surface area contributed by atoms with Crippen LogP contribution in [0.4, 0.5) is 14.5 Å². The van der Waals surface area contributed by atoms with Gasteiger partial charge in [0.05, 0.1) is 9.82 Å². The molecule has 0 saturated carbocycles. The number of phenolic OH excluding ortho intramolecular Hbond substituents is 1. The van der Waals surface area contributed by atoms with E-state index in [0.717, 1.165) is 23.9 Å². The summed E-state index contributed by atoms with van der Waals surface area (Å²) in [6.45, 7) is 0. The van der Waals surface area contributed by atoms with Gasteiger partial charge in [-0.3, -0.25) is 10.1 Å². The first-order valence-electron chi connectivity index (χ1n) is 5.51. The molecule has 0 aromatic heterocycles. The van der Waals surface area contributed by atoms with Gasteiger partial charge in [0, 0.05) is 22.6 Å². The lowest BCUT2D eigenvalue weighted by molar-refractivity contribution is -0.385. The summed E-state index contributed by atoms with van der Waals surface area (Å²) in [5, 5.41) is 20.2. The molecule has 2 aromatic carbocycles. The van der Waals surface area contributed by atoms with Crippen LogP contribution in [0, 0.1) is 10.1 Å². The van der Waals surface area contributed by atoms with Gasteiger partial charge in [-0.15, -0.1) is 0 Å². The lowest BCUT2D eigenvalue weighted by atomic mass is 10.2. The molecule has 4 nitrogen and oxygen atoms in total. The fraction of sp³-hybridized carbons (Fsp3) is 0.0769. The van der Waals surface area contributed by atoms with Gasteiger partial charge < -0.3 is 5.11 Å². The number of halogens is 2. The molecule has 0 aliphatic carbocycles. The first-order chi connectivity index (χ1) is 9.49. The minimum Gasteiger partial charge on any atom is -0.507 e. The van der Waals surface area contributed by atoms with Crippen molar-refractivity contribution in [1.82, 2.24) is 0 Å². The number of nitrogens with zero attached hydrogens (tertiary/aromatic N) is 1. The normalized spacial score (nSPS) is 10.8. The number of benzene rings is 2. The third-order valence-corrected chi connectivity index (χ3v) is 3.68. The minimum absolute atomic E-state index is 0.0314. The summed E-state index contributed by atoms with van der Waals surface area (Å²) in [5.74, 6) is -0.0314. The molecule has 0 spiro atoms. The molecule has 2 aromatic rings. The second-order valence-corrected chi connectivity index (χ2v) is 4.93. The second kappa shape index (κ2) is 5.87. The highest BCUT2D eigenvalue weighted by Crippen LogP contribution is 2.40. The highest BCUT2D eigenvalue weighted by Gasteiger charge is 2.19. The fourth-order valence-electron chi connectivity index (χ4n) is 1.57. The van der Waals surface area contributed by atoms with Crippen LogP contribution in [0.15, 0.2) is 52.3 Å². The molecule has 104 valence electrons. The quantitative estimate of drug-likeness (QED) is 0.671. The Bertz CT molecular complexity index is 649. The van der Waals surface area contributed by atoms with E-state index in [1.165, 1.54) is 12.1 Å². The summed E-state index contributed by atoms with van der Waals surface area (Å²) >= 11 is 0.937. The van der Waals surface area contributed by atoms with E-state index < -0.39 is 16.9 Å². The molecule has 0 radical (unpaired) electrons. The lowest BCUT2D eigenvalue weighted by Crippen LogP contribution is -1.93. The van der Waals surface area contributed by atoms with Crippen LogP contribution in [-0.2, 0) is 0 Å². The van der Waals surface area contributed by atoms with Crippen molar-refractivity contribution in [2.75, 3.05) is 0 Å². The largest absolute Gasteiger partial charge is 0.507 e. The van der Waals surface area contributed by atoms with E-state index >= 15 is 0 Å². The fourth-order valence-corrected chi connectivity index (χ4v) is 2.53. The second-order valence-electron chi connectivity index (χ2n) is 3.85. The highest BCUT2D eigenvalue weighted by atomic mass is 32.2. The molecular formula is C13H9F2NO3S. The van der Waals surface area contributed by atoms with Crippen molar-refractivity contribution < 1.29 is 18.8 Å². The zero-order chi connectivity index (χ0) is 14.7. The smallest absolute Gasteiger partial charge is 0.269 e.